The Morgan fingerprint density at radius 2 is 1.00 bits per heavy atom. The monoisotopic (exact) mass is 452 g/mol. The van der Waals surface area contributed by atoms with E-state index < -0.39 is 0 Å². The maximum Gasteiger partial charge on any atom is 0.196 e. The summed E-state index contributed by atoms with van der Waals surface area (Å²) >= 11 is 0. The van der Waals surface area contributed by atoms with Crippen LogP contribution in [-0.4, -0.2) is 12.9 Å². The molecule has 0 aliphatic carbocycles. The van der Waals surface area contributed by atoms with Gasteiger partial charge in [0.1, 0.15) is 5.75 Å². The van der Waals surface area contributed by atoms with E-state index >= 15 is 0 Å². The van der Waals surface area contributed by atoms with Crippen LogP contribution < -0.4 is 4.74 Å². The second kappa shape index (κ2) is 19.9. The number of benzene rings is 2. The first-order valence-electron chi connectivity index (χ1n) is 9.48. The summed E-state index contributed by atoms with van der Waals surface area (Å²) in [6.45, 7) is 17.8. The Morgan fingerprint density at radius 1 is 0.625 bits per heavy atom. The van der Waals surface area contributed by atoms with Crippen molar-refractivity contribution in [2.24, 2.45) is 0 Å². The Balaban J connectivity index is -0.0000000945. The summed E-state index contributed by atoms with van der Waals surface area (Å²) in [5.74, 6) is 0.856. The highest BCUT2D eigenvalue weighted by molar-refractivity contribution is 5.31. The molecule has 0 N–H and O–H groups in total. The lowest BCUT2D eigenvalue weighted by molar-refractivity contribution is -0.0613. The third-order valence-electron chi connectivity index (χ3n) is 4.06. The first-order valence-corrected chi connectivity index (χ1v) is 9.48. The molecule has 0 saturated heterocycles. The van der Waals surface area contributed by atoms with E-state index in [2.05, 4.69) is 84.0 Å². The second-order valence-electron chi connectivity index (χ2n) is 8.53. The molecular formula is C30H60O2. The molecule has 0 radical (unpaired) electrons. The molecule has 0 heterocycles. The minimum atomic E-state index is -0.189. The lowest BCUT2D eigenvalue weighted by atomic mass is 9.87. The Labute approximate surface area is 204 Å². The van der Waals surface area contributed by atoms with Crippen molar-refractivity contribution in [3.8, 4) is 5.75 Å². The summed E-state index contributed by atoms with van der Waals surface area (Å²) < 4.78 is 10.9. The molecule has 1 atom stereocenters. The van der Waals surface area contributed by atoms with Gasteiger partial charge in [-0.2, -0.15) is 0 Å². The molecule has 0 spiro atoms. The van der Waals surface area contributed by atoms with Crippen molar-refractivity contribution in [2.75, 3.05) is 6.61 Å². The molecule has 0 aliphatic rings. The van der Waals surface area contributed by atoms with Crippen LogP contribution >= 0.6 is 0 Å². The van der Waals surface area contributed by atoms with Crippen molar-refractivity contribution >= 4 is 0 Å². The second-order valence-corrected chi connectivity index (χ2v) is 8.53. The van der Waals surface area contributed by atoms with E-state index in [0.29, 0.717) is 12.0 Å². The minimum absolute atomic E-state index is 0. The molecule has 0 amide bonds. The predicted molar refractivity (Wildman–Crippen MR) is 152 cm³/mol. The van der Waals surface area contributed by atoms with Gasteiger partial charge < -0.3 is 9.47 Å². The SMILES string of the molecule is C.C.C.C.C.C.CC(C)(C)c1ccccc1.CCOC(C)Oc1ccc(C(C)(C)C)cc1. The van der Waals surface area contributed by atoms with Gasteiger partial charge in [0.25, 0.3) is 0 Å². The number of ether oxygens (including phenoxy) is 2. The Morgan fingerprint density at radius 3 is 1.31 bits per heavy atom. The molecule has 32 heavy (non-hydrogen) atoms. The molecule has 2 nitrogen and oxygen atoms in total. The average Bonchev–Trinajstić information content (AvgIpc) is 2.55. The smallest absolute Gasteiger partial charge is 0.196 e. The summed E-state index contributed by atoms with van der Waals surface area (Å²) in [4.78, 5) is 0. The van der Waals surface area contributed by atoms with Gasteiger partial charge in [-0.25, -0.2) is 0 Å². The van der Waals surface area contributed by atoms with Crippen molar-refractivity contribution in [2.45, 2.75) is 117 Å². The van der Waals surface area contributed by atoms with Crippen LogP contribution in [0.1, 0.15) is 111 Å². The summed E-state index contributed by atoms with van der Waals surface area (Å²) in [7, 11) is 0. The van der Waals surface area contributed by atoms with E-state index in [0.717, 1.165) is 5.75 Å². The van der Waals surface area contributed by atoms with Crippen LogP contribution in [0.2, 0.25) is 0 Å². The van der Waals surface area contributed by atoms with Gasteiger partial charge >= 0.3 is 0 Å². The Bertz CT molecular complexity index is 617. The van der Waals surface area contributed by atoms with Gasteiger partial charge in [0.15, 0.2) is 6.29 Å². The highest BCUT2D eigenvalue weighted by Crippen LogP contribution is 2.24. The third kappa shape index (κ3) is 16.8. The summed E-state index contributed by atoms with van der Waals surface area (Å²) in [5.41, 5.74) is 3.18. The van der Waals surface area contributed by atoms with E-state index in [4.69, 9.17) is 9.47 Å². The van der Waals surface area contributed by atoms with E-state index in [-0.39, 0.29) is 56.3 Å². The fourth-order valence-corrected chi connectivity index (χ4v) is 2.43. The molecule has 192 valence electrons. The van der Waals surface area contributed by atoms with Gasteiger partial charge in [-0.05, 0) is 47.9 Å². The van der Waals surface area contributed by atoms with Gasteiger partial charge in [-0.15, -0.1) is 0 Å². The van der Waals surface area contributed by atoms with E-state index in [1.807, 2.05) is 26.0 Å². The first-order chi connectivity index (χ1) is 12.0. The topological polar surface area (TPSA) is 18.5 Å². The fourth-order valence-electron chi connectivity index (χ4n) is 2.43. The highest BCUT2D eigenvalue weighted by Gasteiger charge is 2.13. The van der Waals surface area contributed by atoms with Gasteiger partial charge in [-0.1, -0.05) is 129 Å². The molecule has 2 aromatic carbocycles. The van der Waals surface area contributed by atoms with Crippen molar-refractivity contribution in [3.63, 3.8) is 0 Å². The molecule has 0 aliphatic heterocycles. The summed E-state index contributed by atoms with van der Waals surface area (Å²) in [5, 5.41) is 0. The van der Waals surface area contributed by atoms with Crippen molar-refractivity contribution in [1.29, 1.82) is 0 Å². The zero-order valence-corrected chi connectivity index (χ0v) is 17.8. The molecule has 0 saturated carbocycles. The Kier molecular flexibility index (Phi) is 27.3. The van der Waals surface area contributed by atoms with E-state index in [1.54, 1.807) is 0 Å². The number of hydrogen-bond donors (Lipinski definition) is 0. The Hall–Kier alpha value is -1.80. The van der Waals surface area contributed by atoms with Gasteiger partial charge in [0.2, 0.25) is 0 Å². The quantitative estimate of drug-likeness (QED) is 0.429. The zero-order chi connectivity index (χ0) is 19.8. The lowest BCUT2D eigenvalue weighted by Gasteiger charge is -2.20. The summed E-state index contributed by atoms with van der Waals surface area (Å²) in [6, 6.07) is 18.8. The molecule has 2 aromatic rings. The first kappa shape index (κ1) is 44.0. The average molecular weight is 453 g/mol. The molecular weight excluding hydrogens is 392 g/mol. The fraction of sp³-hybridized carbons (Fsp3) is 0.600. The van der Waals surface area contributed by atoms with Crippen LogP contribution in [0.4, 0.5) is 0 Å². The summed E-state index contributed by atoms with van der Waals surface area (Å²) in [6.07, 6.45) is -0.189. The standard InChI is InChI=1S/C14H22O2.C10H14.6CH4/c1-6-15-11(2)16-13-9-7-12(8-10-13)14(3,4)5;1-10(2,3)9-7-5-4-6-8-9;;;;;;/h7-11H,6H2,1-5H3;4-8H,1-3H3;6*1H4. The highest BCUT2D eigenvalue weighted by atomic mass is 16.7. The van der Waals surface area contributed by atoms with Crippen molar-refractivity contribution in [3.05, 3.63) is 65.7 Å². The molecule has 2 heteroatoms. The molecule has 0 fully saturated rings. The molecule has 1 unspecified atom stereocenters. The van der Waals surface area contributed by atoms with Crippen LogP contribution in [0.5, 0.6) is 5.75 Å². The zero-order valence-electron chi connectivity index (χ0n) is 17.8. The van der Waals surface area contributed by atoms with Gasteiger partial charge in [0, 0.05) is 6.61 Å². The van der Waals surface area contributed by atoms with Crippen LogP contribution in [0.3, 0.4) is 0 Å². The van der Waals surface area contributed by atoms with Gasteiger partial charge in [-0.3, -0.25) is 0 Å². The van der Waals surface area contributed by atoms with Crippen LogP contribution in [0, 0.1) is 0 Å². The van der Waals surface area contributed by atoms with Crippen molar-refractivity contribution < 1.29 is 9.47 Å². The normalized spacial score (nSPS) is 10.4. The van der Waals surface area contributed by atoms with Crippen molar-refractivity contribution in [1.82, 2.24) is 0 Å². The number of hydrogen-bond acceptors (Lipinski definition) is 2. The van der Waals surface area contributed by atoms with Crippen LogP contribution in [-0.2, 0) is 15.6 Å². The molecule has 2 rings (SSSR count). The van der Waals surface area contributed by atoms with E-state index in [1.165, 1.54) is 11.1 Å². The third-order valence-corrected chi connectivity index (χ3v) is 4.06. The van der Waals surface area contributed by atoms with Gasteiger partial charge in [0.05, 0.1) is 0 Å². The molecule has 0 aromatic heterocycles. The van der Waals surface area contributed by atoms with Crippen LogP contribution in [0.25, 0.3) is 0 Å². The molecule has 0 bridgehead atoms. The maximum atomic E-state index is 5.60. The predicted octanol–water partition coefficient (Wildman–Crippen LogP) is 10.5. The minimum Gasteiger partial charge on any atom is -0.465 e. The largest absolute Gasteiger partial charge is 0.465 e. The maximum absolute atomic E-state index is 5.60. The number of rotatable bonds is 4. The van der Waals surface area contributed by atoms with Crippen LogP contribution in [0.15, 0.2) is 54.6 Å². The lowest BCUT2D eigenvalue weighted by Crippen LogP contribution is -2.16. The van der Waals surface area contributed by atoms with E-state index in [9.17, 15) is 0 Å².